The fourth-order valence-electron chi connectivity index (χ4n) is 2.08. The van der Waals surface area contributed by atoms with Crippen LogP contribution < -0.4 is 0 Å². The standard InChI is InChI=1S/C13H16ClNO2/c1-9-5-7-10(8-6-9)17-13(16)11-3-2-4-12(14)15-11/h2-4,9-10H,5-8H2,1H3. The molecule has 17 heavy (non-hydrogen) atoms. The normalized spacial score (nSPS) is 24.4. The maximum absolute atomic E-state index is 11.8. The SMILES string of the molecule is CC1CCC(OC(=O)c2cccc(Cl)n2)CC1. The van der Waals surface area contributed by atoms with Crippen molar-refractivity contribution in [3.63, 3.8) is 0 Å². The Morgan fingerprint density at radius 1 is 1.35 bits per heavy atom. The molecular weight excluding hydrogens is 238 g/mol. The molecule has 92 valence electrons. The van der Waals surface area contributed by atoms with Gasteiger partial charge < -0.3 is 4.74 Å². The van der Waals surface area contributed by atoms with Gasteiger partial charge in [-0.1, -0.05) is 24.6 Å². The summed E-state index contributed by atoms with van der Waals surface area (Å²) in [6.07, 6.45) is 4.20. The van der Waals surface area contributed by atoms with Crippen LogP contribution in [-0.4, -0.2) is 17.1 Å². The van der Waals surface area contributed by atoms with Crippen LogP contribution in [0.4, 0.5) is 0 Å². The van der Waals surface area contributed by atoms with Gasteiger partial charge in [-0.15, -0.1) is 0 Å². The van der Waals surface area contributed by atoms with Crippen molar-refractivity contribution in [3.8, 4) is 0 Å². The van der Waals surface area contributed by atoms with E-state index in [2.05, 4.69) is 11.9 Å². The summed E-state index contributed by atoms with van der Waals surface area (Å²) in [5.41, 5.74) is 0.288. The monoisotopic (exact) mass is 253 g/mol. The summed E-state index contributed by atoms with van der Waals surface area (Å²) in [4.78, 5) is 15.7. The zero-order valence-corrected chi connectivity index (χ0v) is 10.6. The second-order valence-corrected chi connectivity index (χ2v) is 5.02. The molecule has 0 aliphatic heterocycles. The van der Waals surface area contributed by atoms with Gasteiger partial charge in [0.2, 0.25) is 0 Å². The maximum atomic E-state index is 11.8. The average molecular weight is 254 g/mol. The number of nitrogens with zero attached hydrogens (tertiary/aromatic N) is 1. The molecule has 0 aromatic carbocycles. The molecule has 0 atom stereocenters. The minimum atomic E-state index is -0.368. The van der Waals surface area contributed by atoms with Crippen molar-refractivity contribution in [3.05, 3.63) is 29.0 Å². The van der Waals surface area contributed by atoms with Crippen LogP contribution in [0.2, 0.25) is 5.15 Å². The van der Waals surface area contributed by atoms with Crippen LogP contribution in [0.1, 0.15) is 43.1 Å². The van der Waals surface area contributed by atoms with E-state index in [4.69, 9.17) is 16.3 Å². The van der Waals surface area contributed by atoms with E-state index in [9.17, 15) is 4.79 Å². The van der Waals surface area contributed by atoms with Crippen molar-refractivity contribution in [2.45, 2.75) is 38.7 Å². The van der Waals surface area contributed by atoms with Gasteiger partial charge in [0.05, 0.1) is 0 Å². The third-order valence-corrected chi connectivity index (χ3v) is 3.37. The highest BCUT2D eigenvalue weighted by Crippen LogP contribution is 2.26. The first-order chi connectivity index (χ1) is 8.15. The summed E-state index contributed by atoms with van der Waals surface area (Å²) in [5, 5.41) is 0.316. The summed E-state index contributed by atoms with van der Waals surface area (Å²) in [6, 6.07) is 4.97. The average Bonchev–Trinajstić information content (AvgIpc) is 2.32. The summed E-state index contributed by atoms with van der Waals surface area (Å²) >= 11 is 5.73. The molecule has 1 aliphatic carbocycles. The third kappa shape index (κ3) is 3.43. The lowest BCUT2D eigenvalue weighted by atomic mass is 9.89. The molecule has 1 saturated carbocycles. The predicted octanol–water partition coefficient (Wildman–Crippen LogP) is 3.47. The van der Waals surface area contributed by atoms with E-state index in [1.165, 1.54) is 0 Å². The van der Waals surface area contributed by atoms with Gasteiger partial charge in [-0.2, -0.15) is 0 Å². The fraction of sp³-hybridized carbons (Fsp3) is 0.538. The summed E-state index contributed by atoms with van der Waals surface area (Å²) in [5.74, 6) is 0.376. The van der Waals surface area contributed by atoms with Crippen LogP contribution >= 0.6 is 11.6 Å². The largest absolute Gasteiger partial charge is 0.458 e. The molecule has 4 heteroatoms. The van der Waals surface area contributed by atoms with Gasteiger partial charge >= 0.3 is 5.97 Å². The van der Waals surface area contributed by atoms with Gasteiger partial charge in [0.15, 0.2) is 0 Å². The van der Waals surface area contributed by atoms with Crippen molar-refractivity contribution < 1.29 is 9.53 Å². The van der Waals surface area contributed by atoms with Crippen LogP contribution in [0.15, 0.2) is 18.2 Å². The van der Waals surface area contributed by atoms with E-state index >= 15 is 0 Å². The first-order valence-corrected chi connectivity index (χ1v) is 6.36. The smallest absolute Gasteiger partial charge is 0.357 e. The van der Waals surface area contributed by atoms with E-state index in [1.807, 2.05) is 0 Å². The number of pyridine rings is 1. The van der Waals surface area contributed by atoms with Crippen molar-refractivity contribution in [2.24, 2.45) is 5.92 Å². The molecule has 1 aromatic rings. The van der Waals surface area contributed by atoms with Crippen LogP contribution in [-0.2, 0) is 4.74 Å². The van der Waals surface area contributed by atoms with Crippen molar-refractivity contribution in [2.75, 3.05) is 0 Å². The molecule has 2 rings (SSSR count). The van der Waals surface area contributed by atoms with E-state index in [1.54, 1.807) is 18.2 Å². The fourth-order valence-corrected chi connectivity index (χ4v) is 2.24. The Kier molecular flexibility index (Phi) is 4.00. The van der Waals surface area contributed by atoms with Gasteiger partial charge in [0.1, 0.15) is 17.0 Å². The van der Waals surface area contributed by atoms with Crippen molar-refractivity contribution in [1.82, 2.24) is 4.98 Å². The molecule has 1 heterocycles. The maximum Gasteiger partial charge on any atom is 0.357 e. The lowest BCUT2D eigenvalue weighted by Crippen LogP contribution is -2.24. The molecule has 0 radical (unpaired) electrons. The molecule has 1 fully saturated rings. The highest BCUT2D eigenvalue weighted by molar-refractivity contribution is 6.29. The van der Waals surface area contributed by atoms with E-state index in [-0.39, 0.29) is 17.8 Å². The van der Waals surface area contributed by atoms with Crippen LogP contribution in [0, 0.1) is 5.92 Å². The number of hydrogen-bond acceptors (Lipinski definition) is 3. The molecule has 0 saturated heterocycles. The number of halogens is 1. The zero-order valence-electron chi connectivity index (χ0n) is 9.86. The van der Waals surface area contributed by atoms with E-state index in [0.29, 0.717) is 5.15 Å². The number of rotatable bonds is 2. The zero-order chi connectivity index (χ0) is 12.3. The van der Waals surface area contributed by atoms with Crippen LogP contribution in [0.5, 0.6) is 0 Å². The number of ether oxygens (including phenoxy) is 1. The highest BCUT2D eigenvalue weighted by Gasteiger charge is 2.22. The third-order valence-electron chi connectivity index (χ3n) is 3.16. The second kappa shape index (κ2) is 5.50. The Balaban J connectivity index is 1.93. The number of esters is 1. The van der Waals surface area contributed by atoms with Crippen LogP contribution in [0.3, 0.4) is 0 Å². The molecular formula is C13H16ClNO2. The highest BCUT2D eigenvalue weighted by atomic mass is 35.5. The topological polar surface area (TPSA) is 39.2 Å². The van der Waals surface area contributed by atoms with Crippen molar-refractivity contribution in [1.29, 1.82) is 0 Å². The second-order valence-electron chi connectivity index (χ2n) is 4.63. The Bertz CT molecular complexity index is 400. The molecule has 0 amide bonds. The summed E-state index contributed by atoms with van der Waals surface area (Å²) in [7, 11) is 0. The number of carbonyl (C=O) groups is 1. The van der Waals surface area contributed by atoms with Gasteiger partial charge in [0, 0.05) is 0 Å². The lowest BCUT2D eigenvalue weighted by molar-refractivity contribution is 0.0167. The predicted molar refractivity (Wildman–Crippen MR) is 66.1 cm³/mol. The summed E-state index contributed by atoms with van der Waals surface area (Å²) in [6.45, 7) is 2.23. The van der Waals surface area contributed by atoms with Gasteiger partial charge in [-0.25, -0.2) is 9.78 Å². The molecule has 3 nitrogen and oxygen atoms in total. The lowest BCUT2D eigenvalue weighted by Gasteiger charge is -2.25. The van der Waals surface area contributed by atoms with Gasteiger partial charge in [-0.05, 0) is 43.7 Å². The number of hydrogen-bond donors (Lipinski definition) is 0. The molecule has 0 N–H and O–H groups in total. The molecule has 1 aromatic heterocycles. The number of carbonyl (C=O) groups excluding carboxylic acids is 1. The van der Waals surface area contributed by atoms with Crippen LogP contribution in [0.25, 0.3) is 0 Å². The molecule has 0 unspecified atom stereocenters. The first-order valence-electron chi connectivity index (χ1n) is 5.98. The summed E-state index contributed by atoms with van der Waals surface area (Å²) < 4.78 is 5.42. The molecule has 0 bridgehead atoms. The molecule has 0 spiro atoms. The Labute approximate surface area is 106 Å². The van der Waals surface area contributed by atoms with Crippen molar-refractivity contribution >= 4 is 17.6 Å². The van der Waals surface area contributed by atoms with Gasteiger partial charge in [0.25, 0.3) is 0 Å². The number of aromatic nitrogens is 1. The van der Waals surface area contributed by atoms with Gasteiger partial charge in [-0.3, -0.25) is 0 Å². The Hall–Kier alpha value is -1.09. The van der Waals surface area contributed by atoms with E-state index in [0.717, 1.165) is 31.6 Å². The Morgan fingerprint density at radius 3 is 2.71 bits per heavy atom. The molecule has 1 aliphatic rings. The first kappa shape index (κ1) is 12.4. The van der Waals surface area contributed by atoms with E-state index < -0.39 is 0 Å². The quantitative estimate of drug-likeness (QED) is 0.598. The Morgan fingerprint density at radius 2 is 2.06 bits per heavy atom. The minimum absolute atomic E-state index is 0.0412. The minimum Gasteiger partial charge on any atom is -0.458 e.